The molecule has 5 heteroatoms. The fourth-order valence-electron chi connectivity index (χ4n) is 2.29. The first-order valence-electron chi connectivity index (χ1n) is 6.30. The summed E-state index contributed by atoms with van der Waals surface area (Å²) in [6.45, 7) is 7.70. The van der Waals surface area contributed by atoms with Crippen molar-refractivity contribution in [2.45, 2.75) is 45.6 Å². The Balaban J connectivity index is 2.23. The monoisotopic (exact) mass is 283 g/mol. The van der Waals surface area contributed by atoms with E-state index in [2.05, 4.69) is 13.8 Å². The van der Waals surface area contributed by atoms with Gasteiger partial charge >= 0.3 is 0 Å². The Morgan fingerprint density at radius 3 is 2.47 bits per heavy atom. The van der Waals surface area contributed by atoms with Gasteiger partial charge in [-0.25, -0.2) is 0 Å². The molecule has 0 radical (unpaired) electrons. The summed E-state index contributed by atoms with van der Waals surface area (Å²) in [5.41, 5.74) is 1.47. The first kappa shape index (κ1) is 14.1. The third-order valence-electron chi connectivity index (χ3n) is 4.02. The van der Waals surface area contributed by atoms with Crippen LogP contribution in [0.3, 0.4) is 0 Å². The van der Waals surface area contributed by atoms with E-state index < -0.39 is 0 Å². The molecule has 2 atom stereocenters. The van der Waals surface area contributed by atoms with E-state index in [9.17, 15) is 10.1 Å². The molecule has 19 heavy (non-hydrogen) atoms. The maximum Gasteiger partial charge on any atom is 0.272 e. The first-order chi connectivity index (χ1) is 8.73. The van der Waals surface area contributed by atoms with E-state index in [0.717, 1.165) is 12.0 Å². The summed E-state index contributed by atoms with van der Waals surface area (Å²) >= 11 is 6.17. The summed E-state index contributed by atoms with van der Waals surface area (Å²) in [6.07, 6.45) is 0.874. The van der Waals surface area contributed by atoms with Crippen molar-refractivity contribution in [3.8, 4) is 5.75 Å². The molecule has 0 amide bonds. The van der Waals surface area contributed by atoms with Crippen LogP contribution in [0.5, 0.6) is 5.75 Å². The lowest BCUT2D eigenvalue weighted by Crippen LogP contribution is -2.53. The van der Waals surface area contributed by atoms with Crippen LogP contribution in [0.2, 0.25) is 0 Å². The number of aryl methyl sites for hydroxylation is 2. The Bertz CT molecular complexity index is 528. The van der Waals surface area contributed by atoms with Crippen LogP contribution in [-0.4, -0.2) is 16.4 Å². The van der Waals surface area contributed by atoms with E-state index >= 15 is 0 Å². The van der Waals surface area contributed by atoms with Gasteiger partial charge in [-0.15, -0.1) is 11.6 Å². The quantitative estimate of drug-likeness (QED) is 0.479. The van der Waals surface area contributed by atoms with Crippen molar-refractivity contribution in [2.24, 2.45) is 5.41 Å². The molecule has 1 aliphatic rings. The second-order valence-corrected chi connectivity index (χ2v) is 6.32. The minimum Gasteiger partial charge on any atom is -0.489 e. The molecular formula is C14H18ClNO3. The Kier molecular flexibility index (Phi) is 3.47. The minimum absolute atomic E-state index is 0.0644. The number of benzene rings is 1. The van der Waals surface area contributed by atoms with Crippen LogP contribution in [0, 0.1) is 29.4 Å². The van der Waals surface area contributed by atoms with Crippen LogP contribution in [0.1, 0.15) is 31.4 Å². The molecular weight excluding hydrogens is 266 g/mol. The zero-order chi connectivity index (χ0) is 14.4. The smallest absolute Gasteiger partial charge is 0.272 e. The Morgan fingerprint density at radius 2 is 2.00 bits per heavy atom. The minimum atomic E-state index is -0.367. The summed E-state index contributed by atoms with van der Waals surface area (Å²) in [4.78, 5) is 10.5. The van der Waals surface area contributed by atoms with Crippen molar-refractivity contribution < 1.29 is 9.66 Å². The number of nitrogens with zero attached hydrogens (tertiary/aromatic N) is 1. The van der Waals surface area contributed by atoms with Gasteiger partial charge in [0.2, 0.25) is 0 Å². The molecule has 1 fully saturated rings. The van der Waals surface area contributed by atoms with Gasteiger partial charge in [0.15, 0.2) is 0 Å². The number of hydrogen-bond donors (Lipinski definition) is 0. The molecule has 0 heterocycles. The summed E-state index contributed by atoms with van der Waals surface area (Å²) < 4.78 is 5.98. The van der Waals surface area contributed by atoms with Crippen LogP contribution in [0.25, 0.3) is 0 Å². The highest BCUT2D eigenvalue weighted by molar-refractivity contribution is 6.21. The molecule has 4 nitrogen and oxygen atoms in total. The molecule has 1 aromatic carbocycles. The van der Waals surface area contributed by atoms with Crippen molar-refractivity contribution in [3.63, 3.8) is 0 Å². The molecule has 0 bridgehead atoms. The number of halogens is 1. The number of alkyl halides is 1. The lowest BCUT2D eigenvalue weighted by molar-refractivity contribution is -0.385. The average Bonchev–Trinajstić information content (AvgIpc) is 2.32. The number of rotatable bonds is 3. The van der Waals surface area contributed by atoms with Crippen LogP contribution in [-0.2, 0) is 0 Å². The largest absolute Gasteiger partial charge is 0.489 e. The molecule has 0 aliphatic heterocycles. The van der Waals surface area contributed by atoms with Gasteiger partial charge in [-0.05, 0) is 25.5 Å². The summed E-state index contributed by atoms with van der Waals surface area (Å²) in [5.74, 6) is 0.713. The third kappa shape index (κ3) is 2.41. The van der Waals surface area contributed by atoms with Crippen LogP contribution in [0.15, 0.2) is 12.1 Å². The summed E-state index contributed by atoms with van der Waals surface area (Å²) in [5, 5.41) is 11.0. The predicted molar refractivity (Wildman–Crippen MR) is 75.0 cm³/mol. The molecule has 0 saturated heterocycles. The molecule has 0 N–H and O–H groups in total. The van der Waals surface area contributed by atoms with Crippen LogP contribution < -0.4 is 4.74 Å². The van der Waals surface area contributed by atoms with Crippen molar-refractivity contribution in [1.29, 1.82) is 0 Å². The van der Waals surface area contributed by atoms with Gasteiger partial charge < -0.3 is 4.74 Å². The molecule has 0 aromatic heterocycles. The third-order valence-corrected chi connectivity index (χ3v) is 4.76. The average molecular weight is 284 g/mol. The Hall–Kier alpha value is -1.29. The van der Waals surface area contributed by atoms with E-state index in [1.807, 2.05) is 6.92 Å². The van der Waals surface area contributed by atoms with Gasteiger partial charge in [0.05, 0.1) is 4.92 Å². The van der Waals surface area contributed by atoms with E-state index in [4.69, 9.17) is 16.3 Å². The molecule has 104 valence electrons. The molecule has 1 aromatic rings. The van der Waals surface area contributed by atoms with Gasteiger partial charge in [-0.3, -0.25) is 10.1 Å². The summed E-state index contributed by atoms with van der Waals surface area (Å²) in [7, 11) is 0. The number of nitro benzene ring substituents is 1. The standard InChI is InChI=1S/C14H18ClNO3/c1-8-6-11(9(2)5-10(8)16(17)18)19-13-7-12(15)14(13,3)4/h5-6,12-13H,7H2,1-4H3. The van der Waals surface area contributed by atoms with Gasteiger partial charge in [-0.1, -0.05) is 13.8 Å². The molecule has 0 spiro atoms. The highest BCUT2D eigenvalue weighted by atomic mass is 35.5. The van der Waals surface area contributed by atoms with Gasteiger partial charge in [-0.2, -0.15) is 0 Å². The van der Waals surface area contributed by atoms with E-state index in [1.165, 1.54) is 0 Å². The van der Waals surface area contributed by atoms with Crippen molar-refractivity contribution in [3.05, 3.63) is 33.4 Å². The lowest BCUT2D eigenvalue weighted by Gasteiger charge is -2.48. The topological polar surface area (TPSA) is 52.4 Å². The fourth-order valence-corrected chi connectivity index (χ4v) is 2.59. The SMILES string of the molecule is Cc1cc([N+](=O)[O-])c(C)cc1OC1CC(Cl)C1(C)C. The second kappa shape index (κ2) is 4.67. The second-order valence-electron chi connectivity index (χ2n) is 5.79. The zero-order valence-electron chi connectivity index (χ0n) is 11.6. The van der Waals surface area contributed by atoms with Gasteiger partial charge in [0.1, 0.15) is 11.9 Å². The van der Waals surface area contributed by atoms with E-state index in [1.54, 1.807) is 19.1 Å². The van der Waals surface area contributed by atoms with Crippen LogP contribution in [0.4, 0.5) is 5.69 Å². The van der Waals surface area contributed by atoms with E-state index in [-0.39, 0.29) is 27.5 Å². The number of nitro groups is 1. The lowest BCUT2D eigenvalue weighted by atomic mass is 9.68. The highest BCUT2D eigenvalue weighted by Crippen LogP contribution is 2.47. The number of hydrogen-bond acceptors (Lipinski definition) is 3. The number of ether oxygens (including phenoxy) is 1. The Labute approximate surface area is 117 Å². The maximum atomic E-state index is 10.9. The normalized spacial score (nSPS) is 24.7. The van der Waals surface area contributed by atoms with Crippen molar-refractivity contribution in [1.82, 2.24) is 0 Å². The van der Waals surface area contributed by atoms with Crippen molar-refractivity contribution in [2.75, 3.05) is 0 Å². The Morgan fingerprint density at radius 1 is 1.37 bits per heavy atom. The fraction of sp³-hybridized carbons (Fsp3) is 0.571. The molecule has 2 unspecified atom stereocenters. The van der Waals surface area contributed by atoms with Gasteiger partial charge in [0, 0.05) is 28.8 Å². The van der Waals surface area contributed by atoms with Crippen LogP contribution >= 0.6 is 11.6 Å². The highest BCUT2D eigenvalue weighted by Gasteiger charge is 2.49. The predicted octanol–water partition coefficient (Wildman–Crippen LogP) is 4.00. The first-order valence-corrected chi connectivity index (χ1v) is 6.73. The van der Waals surface area contributed by atoms with Gasteiger partial charge in [0.25, 0.3) is 5.69 Å². The molecule has 1 aliphatic carbocycles. The van der Waals surface area contributed by atoms with Crippen molar-refractivity contribution >= 4 is 17.3 Å². The molecule has 1 saturated carbocycles. The summed E-state index contributed by atoms with van der Waals surface area (Å²) in [6, 6.07) is 3.31. The zero-order valence-corrected chi connectivity index (χ0v) is 12.3. The molecule has 2 rings (SSSR count). The maximum absolute atomic E-state index is 10.9. The van der Waals surface area contributed by atoms with E-state index in [0.29, 0.717) is 11.3 Å².